The van der Waals surface area contributed by atoms with Crippen molar-refractivity contribution in [1.29, 1.82) is 0 Å². The summed E-state index contributed by atoms with van der Waals surface area (Å²) < 4.78 is 7.00. The first-order chi connectivity index (χ1) is 13.5. The molecule has 1 aliphatic heterocycles. The predicted molar refractivity (Wildman–Crippen MR) is 108 cm³/mol. The van der Waals surface area contributed by atoms with E-state index in [0.29, 0.717) is 29.9 Å². The van der Waals surface area contributed by atoms with Crippen LogP contribution in [0.2, 0.25) is 0 Å². The maximum absolute atomic E-state index is 12.9. The SMILES string of the molecule is CC(=O)c1ccc(NC(=O)c2c3c(nn2C)CCN(C(=O)OC(C)(C)C)C3)cc1. The quantitative estimate of drug-likeness (QED) is 0.802. The molecule has 0 aliphatic carbocycles. The van der Waals surface area contributed by atoms with Crippen molar-refractivity contribution < 1.29 is 19.1 Å². The van der Waals surface area contributed by atoms with Crippen molar-refractivity contribution in [2.45, 2.75) is 46.3 Å². The standard InChI is InChI=1S/C21H26N4O4/c1-13(26)14-6-8-15(9-7-14)22-19(27)18-16-12-25(20(28)29-21(2,3)4)11-10-17(16)23-24(18)5/h6-9H,10-12H2,1-5H3,(H,22,27). The topological polar surface area (TPSA) is 93.5 Å². The number of carbonyl (C=O) groups excluding carboxylic acids is 3. The van der Waals surface area contributed by atoms with Gasteiger partial charge in [0.05, 0.1) is 12.2 Å². The number of nitrogens with one attached hydrogen (secondary N) is 1. The first-order valence-corrected chi connectivity index (χ1v) is 9.50. The molecule has 2 amide bonds. The van der Waals surface area contributed by atoms with Gasteiger partial charge in [-0.25, -0.2) is 4.79 Å². The Hall–Kier alpha value is -3.16. The van der Waals surface area contributed by atoms with Crippen molar-refractivity contribution in [3.8, 4) is 0 Å². The number of ketones is 1. The summed E-state index contributed by atoms with van der Waals surface area (Å²) in [5.41, 5.74) is 2.51. The number of rotatable bonds is 3. The fraction of sp³-hybridized carbons (Fsp3) is 0.429. The number of amides is 2. The summed E-state index contributed by atoms with van der Waals surface area (Å²) in [7, 11) is 1.71. The van der Waals surface area contributed by atoms with Crippen LogP contribution in [0, 0.1) is 0 Å². The molecule has 8 nitrogen and oxygen atoms in total. The van der Waals surface area contributed by atoms with Crippen LogP contribution >= 0.6 is 0 Å². The second kappa shape index (κ2) is 7.69. The van der Waals surface area contributed by atoms with Crippen LogP contribution in [0.25, 0.3) is 0 Å². The third kappa shape index (κ3) is 4.64. The Morgan fingerprint density at radius 1 is 1.14 bits per heavy atom. The van der Waals surface area contributed by atoms with E-state index in [4.69, 9.17) is 4.74 Å². The third-order valence-electron chi connectivity index (χ3n) is 4.61. The zero-order valence-corrected chi connectivity index (χ0v) is 17.4. The zero-order valence-electron chi connectivity index (χ0n) is 17.4. The Labute approximate surface area is 169 Å². The lowest BCUT2D eigenvalue weighted by molar-refractivity contribution is 0.0222. The number of carbonyl (C=O) groups is 3. The third-order valence-corrected chi connectivity index (χ3v) is 4.61. The van der Waals surface area contributed by atoms with Crippen molar-refractivity contribution in [3.63, 3.8) is 0 Å². The minimum absolute atomic E-state index is 0.0363. The molecule has 154 valence electrons. The van der Waals surface area contributed by atoms with Gasteiger partial charge in [0.2, 0.25) is 0 Å². The molecule has 0 bridgehead atoms. The van der Waals surface area contributed by atoms with Crippen LogP contribution in [0.15, 0.2) is 24.3 Å². The molecule has 0 atom stereocenters. The van der Waals surface area contributed by atoms with E-state index in [1.165, 1.54) is 6.92 Å². The van der Waals surface area contributed by atoms with Crippen LogP contribution < -0.4 is 5.32 Å². The molecule has 1 aromatic carbocycles. The van der Waals surface area contributed by atoms with E-state index in [1.54, 1.807) is 40.9 Å². The number of benzene rings is 1. The molecule has 2 heterocycles. The van der Waals surface area contributed by atoms with Gasteiger partial charge in [-0.05, 0) is 52.0 Å². The molecule has 0 saturated heterocycles. The van der Waals surface area contributed by atoms with Crippen LogP contribution in [0.4, 0.5) is 10.5 Å². The fourth-order valence-corrected chi connectivity index (χ4v) is 3.25. The first-order valence-electron chi connectivity index (χ1n) is 9.50. The monoisotopic (exact) mass is 398 g/mol. The molecular weight excluding hydrogens is 372 g/mol. The molecule has 29 heavy (non-hydrogen) atoms. The minimum atomic E-state index is -0.585. The number of anilines is 1. The second-order valence-electron chi connectivity index (χ2n) is 8.14. The lowest BCUT2D eigenvalue weighted by Gasteiger charge is -2.29. The number of nitrogens with zero attached hydrogens (tertiary/aromatic N) is 3. The Balaban J connectivity index is 1.79. The van der Waals surface area contributed by atoms with Crippen molar-refractivity contribution in [3.05, 3.63) is 46.8 Å². The largest absolute Gasteiger partial charge is 0.444 e. The fourth-order valence-electron chi connectivity index (χ4n) is 3.25. The molecule has 1 aliphatic rings. The summed E-state index contributed by atoms with van der Waals surface area (Å²) in [6.45, 7) is 7.71. The summed E-state index contributed by atoms with van der Waals surface area (Å²) in [5.74, 6) is -0.353. The van der Waals surface area contributed by atoms with Gasteiger partial charge in [0.25, 0.3) is 5.91 Å². The number of fused-ring (bicyclic) bond motifs is 1. The lowest BCUT2D eigenvalue weighted by Crippen LogP contribution is -2.40. The molecular formula is C21H26N4O4. The highest BCUT2D eigenvalue weighted by molar-refractivity contribution is 6.04. The second-order valence-corrected chi connectivity index (χ2v) is 8.14. The molecule has 0 radical (unpaired) electrons. The van der Waals surface area contributed by atoms with Crippen LogP contribution in [-0.4, -0.2) is 44.6 Å². The van der Waals surface area contributed by atoms with E-state index in [-0.39, 0.29) is 18.2 Å². The van der Waals surface area contributed by atoms with E-state index < -0.39 is 11.7 Å². The summed E-state index contributed by atoms with van der Waals surface area (Å²) in [6.07, 6.45) is 0.154. The zero-order chi connectivity index (χ0) is 21.3. The molecule has 3 rings (SSSR count). The Morgan fingerprint density at radius 2 is 1.79 bits per heavy atom. The van der Waals surface area contributed by atoms with Gasteiger partial charge in [-0.2, -0.15) is 5.10 Å². The van der Waals surface area contributed by atoms with Crippen LogP contribution in [0.1, 0.15) is 59.8 Å². The molecule has 0 saturated carbocycles. The van der Waals surface area contributed by atoms with Gasteiger partial charge in [0, 0.05) is 36.8 Å². The number of ether oxygens (including phenoxy) is 1. The van der Waals surface area contributed by atoms with E-state index in [1.807, 2.05) is 20.8 Å². The molecule has 1 aromatic heterocycles. The van der Waals surface area contributed by atoms with Gasteiger partial charge in [0.1, 0.15) is 11.3 Å². The summed E-state index contributed by atoms with van der Waals surface area (Å²) in [4.78, 5) is 38.3. The van der Waals surface area contributed by atoms with Gasteiger partial charge in [-0.3, -0.25) is 14.3 Å². The lowest BCUT2D eigenvalue weighted by atomic mass is 10.0. The van der Waals surface area contributed by atoms with Gasteiger partial charge in [-0.1, -0.05) is 0 Å². The van der Waals surface area contributed by atoms with Crippen molar-refractivity contribution in [2.24, 2.45) is 7.05 Å². The van der Waals surface area contributed by atoms with Gasteiger partial charge < -0.3 is 15.0 Å². The van der Waals surface area contributed by atoms with Gasteiger partial charge in [-0.15, -0.1) is 0 Å². The highest BCUT2D eigenvalue weighted by atomic mass is 16.6. The molecule has 1 N–H and O–H groups in total. The van der Waals surface area contributed by atoms with Gasteiger partial charge in [0.15, 0.2) is 5.78 Å². The predicted octanol–water partition coefficient (Wildman–Crippen LogP) is 3.17. The van der Waals surface area contributed by atoms with Crippen LogP contribution in [0.3, 0.4) is 0 Å². The average molecular weight is 398 g/mol. The minimum Gasteiger partial charge on any atom is -0.444 e. The smallest absolute Gasteiger partial charge is 0.410 e. The average Bonchev–Trinajstić information content (AvgIpc) is 2.95. The molecule has 8 heteroatoms. The number of hydrogen-bond donors (Lipinski definition) is 1. The molecule has 0 unspecified atom stereocenters. The van der Waals surface area contributed by atoms with E-state index in [0.717, 1.165) is 11.3 Å². The number of aryl methyl sites for hydroxylation is 1. The number of Topliss-reactive ketones (excluding diaryl/α,β-unsaturated/α-hetero) is 1. The first kappa shape index (κ1) is 20.6. The van der Waals surface area contributed by atoms with E-state index >= 15 is 0 Å². The van der Waals surface area contributed by atoms with Crippen LogP contribution in [0.5, 0.6) is 0 Å². The summed E-state index contributed by atoms with van der Waals surface area (Å²) in [6, 6.07) is 6.71. The molecule has 2 aromatic rings. The van der Waals surface area contributed by atoms with Crippen molar-refractivity contribution in [2.75, 3.05) is 11.9 Å². The number of hydrogen-bond acceptors (Lipinski definition) is 5. The Morgan fingerprint density at radius 3 is 2.38 bits per heavy atom. The van der Waals surface area contributed by atoms with E-state index in [2.05, 4.69) is 10.4 Å². The highest BCUT2D eigenvalue weighted by Gasteiger charge is 2.31. The normalized spacial score (nSPS) is 13.6. The Bertz CT molecular complexity index is 954. The van der Waals surface area contributed by atoms with Crippen molar-refractivity contribution in [1.82, 2.24) is 14.7 Å². The highest BCUT2D eigenvalue weighted by Crippen LogP contribution is 2.24. The molecule has 0 spiro atoms. The summed E-state index contributed by atoms with van der Waals surface area (Å²) in [5, 5.41) is 7.29. The van der Waals surface area contributed by atoms with Crippen molar-refractivity contribution >= 4 is 23.5 Å². The van der Waals surface area contributed by atoms with E-state index in [9.17, 15) is 14.4 Å². The van der Waals surface area contributed by atoms with Crippen LogP contribution in [-0.2, 0) is 24.8 Å². The maximum atomic E-state index is 12.9. The van der Waals surface area contributed by atoms with Gasteiger partial charge >= 0.3 is 6.09 Å². The maximum Gasteiger partial charge on any atom is 0.410 e. The summed E-state index contributed by atoms with van der Waals surface area (Å²) >= 11 is 0. The Kier molecular flexibility index (Phi) is 5.46. The number of aromatic nitrogens is 2. The molecule has 0 fully saturated rings.